The first kappa shape index (κ1) is 49.9. The number of allylic oxidation sites excluding steroid dienone is 1. The zero-order valence-corrected chi connectivity index (χ0v) is 36.3. The smallest absolute Gasteiger partial charge is 0.410 e. The van der Waals surface area contributed by atoms with Crippen LogP contribution in [0.3, 0.4) is 0 Å². The second-order valence-electron chi connectivity index (χ2n) is 18.3. The highest BCUT2D eigenvalue weighted by Gasteiger charge is 2.54. The van der Waals surface area contributed by atoms with Crippen LogP contribution in [0.4, 0.5) is 14.4 Å². The molecule has 2 aliphatic carbocycles. The van der Waals surface area contributed by atoms with Crippen LogP contribution in [0, 0.1) is 0 Å². The largest absolute Gasteiger partial charge is 0.468 e. The molecule has 3 aliphatic rings. The molecule has 1 aliphatic heterocycles. The average molecular weight is 848 g/mol. The van der Waals surface area contributed by atoms with Crippen molar-refractivity contribution in [2.24, 2.45) is 5.73 Å². The van der Waals surface area contributed by atoms with Crippen molar-refractivity contribution in [1.82, 2.24) is 20.9 Å². The van der Waals surface area contributed by atoms with Crippen LogP contribution in [0.1, 0.15) is 101 Å². The van der Waals surface area contributed by atoms with E-state index in [2.05, 4.69) is 16.0 Å². The van der Waals surface area contributed by atoms with E-state index in [0.29, 0.717) is 18.6 Å². The Bertz CT molecular complexity index is 1450. The number of ether oxygens (including phenoxy) is 7. The molecule has 0 saturated heterocycles. The summed E-state index contributed by atoms with van der Waals surface area (Å²) in [7, 11) is 1.40. The quantitative estimate of drug-likeness (QED) is 0.0851. The van der Waals surface area contributed by atoms with Gasteiger partial charge in [0.1, 0.15) is 52.6 Å². The average Bonchev–Trinajstić information content (AvgIpc) is 3.08. The van der Waals surface area contributed by atoms with Gasteiger partial charge in [-0.05, 0) is 88.2 Å². The second kappa shape index (κ2) is 20.4. The number of aliphatic hydroxyl groups is 4. The SMILES string of the molecule is C[C@@H]([C@@H](O)[C@H](OCCO)O[C@@H]1[C@@H](O)[C@H](O[C@@H]2CCC=C(CN)O2)[C@@H](NC(=O)OC(C)(C)C)C[C@H]1NC(=O)C1(O)CC(NC(=O)OC(C)(C)C)C1)N(C)C(=O)OC(C)(C)C. The van der Waals surface area contributed by atoms with Gasteiger partial charge in [-0.25, -0.2) is 14.4 Å². The monoisotopic (exact) mass is 847 g/mol. The number of aliphatic hydroxyl groups excluding tert-OH is 3. The Morgan fingerprint density at radius 1 is 0.932 bits per heavy atom. The lowest BCUT2D eigenvalue weighted by Crippen LogP contribution is -2.70. The van der Waals surface area contributed by atoms with Gasteiger partial charge in [-0.3, -0.25) is 4.79 Å². The van der Waals surface area contributed by atoms with Gasteiger partial charge in [0.05, 0.1) is 37.9 Å². The molecule has 0 unspecified atom stereocenters. The molecule has 0 aromatic rings. The van der Waals surface area contributed by atoms with Gasteiger partial charge in [0.2, 0.25) is 0 Å². The van der Waals surface area contributed by atoms with Crippen molar-refractivity contribution in [3.63, 3.8) is 0 Å². The first-order valence-corrected chi connectivity index (χ1v) is 20.1. The fourth-order valence-corrected chi connectivity index (χ4v) is 6.67. The Kier molecular flexibility index (Phi) is 17.2. The van der Waals surface area contributed by atoms with Gasteiger partial charge < -0.3 is 80.2 Å². The van der Waals surface area contributed by atoms with Crippen molar-refractivity contribution in [3.05, 3.63) is 11.8 Å². The summed E-state index contributed by atoms with van der Waals surface area (Å²) in [6.45, 7) is 15.9. The predicted octanol–water partition coefficient (Wildman–Crippen LogP) is 1.25. The highest BCUT2D eigenvalue weighted by atomic mass is 16.7. The van der Waals surface area contributed by atoms with Crippen LogP contribution < -0.4 is 21.7 Å². The standard InChI is InChI=1S/C39H69N5O15/c1-21(44(11)35(51)59-38(8,9)10)27(46)31(53-16-15-45)56-30-24(42-32(48)39(52)18-22(19-39)41-33(49)57-36(2,3)4)17-25(43-34(50)58-37(5,6)7)29(28(30)47)55-26-14-12-13-23(20-40)54-26/h13,21-22,24-31,45-47,52H,12,14-20,40H2,1-11H3,(H,41,49)(H,42,48)(H,43,50)/t21-,22?,24+,25-,26+,27+,28-,29+,30-,31+,39?/m0/s1. The van der Waals surface area contributed by atoms with E-state index in [4.69, 9.17) is 38.9 Å². The van der Waals surface area contributed by atoms with Gasteiger partial charge in [-0.1, -0.05) is 0 Å². The fourth-order valence-electron chi connectivity index (χ4n) is 6.67. The third-order valence-electron chi connectivity index (χ3n) is 9.60. The van der Waals surface area contributed by atoms with Gasteiger partial charge in [0.25, 0.3) is 5.91 Å². The number of carbonyl (C=O) groups is 4. The van der Waals surface area contributed by atoms with Crippen molar-refractivity contribution in [2.75, 3.05) is 26.8 Å². The number of likely N-dealkylation sites (N-methyl/N-ethyl adjacent to an activating group) is 1. The van der Waals surface area contributed by atoms with E-state index in [1.165, 1.54) is 14.0 Å². The molecule has 59 heavy (non-hydrogen) atoms. The van der Waals surface area contributed by atoms with E-state index < -0.39 is 114 Å². The van der Waals surface area contributed by atoms with Crippen LogP contribution in [-0.4, -0.2) is 160 Å². The molecule has 0 aromatic heterocycles. The lowest BCUT2D eigenvalue weighted by Gasteiger charge is -2.48. The summed E-state index contributed by atoms with van der Waals surface area (Å²) in [6.07, 6.45) is -8.86. The molecule has 340 valence electrons. The molecule has 0 aromatic carbocycles. The van der Waals surface area contributed by atoms with Crippen molar-refractivity contribution >= 4 is 24.2 Å². The van der Waals surface area contributed by atoms with Crippen LogP contribution in [0.2, 0.25) is 0 Å². The molecule has 20 nitrogen and oxygen atoms in total. The molecular weight excluding hydrogens is 778 g/mol. The zero-order valence-electron chi connectivity index (χ0n) is 36.3. The topological polar surface area (TPSA) is 279 Å². The minimum Gasteiger partial charge on any atom is -0.468 e. The van der Waals surface area contributed by atoms with Crippen LogP contribution in [-0.2, 0) is 38.0 Å². The molecule has 0 radical (unpaired) electrons. The minimum absolute atomic E-state index is 0.0846. The first-order chi connectivity index (χ1) is 27.1. The number of nitrogens with one attached hydrogen (secondary N) is 3. The van der Waals surface area contributed by atoms with Crippen molar-refractivity contribution in [1.29, 1.82) is 0 Å². The lowest BCUT2D eigenvalue weighted by molar-refractivity contribution is -0.274. The summed E-state index contributed by atoms with van der Waals surface area (Å²) in [5.41, 5.74) is 1.33. The number of nitrogens with zero attached hydrogens (tertiary/aromatic N) is 1. The van der Waals surface area contributed by atoms with Crippen LogP contribution in [0.5, 0.6) is 0 Å². The summed E-state index contributed by atoms with van der Waals surface area (Å²) in [5, 5.41) is 53.1. The Hall–Kier alpha value is -3.50. The van der Waals surface area contributed by atoms with Gasteiger partial charge in [0.15, 0.2) is 12.6 Å². The molecule has 2 saturated carbocycles. The third kappa shape index (κ3) is 15.2. The zero-order chi connectivity index (χ0) is 44.7. The van der Waals surface area contributed by atoms with E-state index in [1.807, 2.05) is 6.08 Å². The lowest BCUT2D eigenvalue weighted by atomic mass is 9.74. The molecular formula is C39H69N5O15. The van der Waals surface area contributed by atoms with Gasteiger partial charge in [-0.15, -0.1) is 0 Å². The number of carbonyl (C=O) groups excluding carboxylic acids is 4. The number of hydrogen-bond acceptors (Lipinski definition) is 16. The summed E-state index contributed by atoms with van der Waals surface area (Å²) in [6, 6.07) is -3.92. The Balaban J connectivity index is 1.99. The van der Waals surface area contributed by atoms with Gasteiger partial charge in [0, 0.05) is 32.4 Å². The van der Waals surface area contributed by atoms with Crippen LogP contribution in [0.15, 0.2) is 11.8 Å². The maximum Gasteiger partial charge on any atom is 0.410 e. The van der Waals surface area contributed by atoms with Crippen molar-refractivity contribution in [2.45, 2.75) is 185 Å². The van der Waals surface area contributed by atoms with E-state index in [-0.39, 0.29) is 32.4 Å². The summed E-state index contributed by atoms with van der Waals surface area (Å²) < 4.78 is 40.6. The number of alkyl carbamates (subject to hydrolysis) is 2. The Morgan fingerprint density at radius 2 is 1.49 bits per heavy atom. The van der Waals surface area contributed by atoms with E-state index in [0.717, 1.165) is 4.90 Å². The first-order valence-electron chi connectivity index (χ1n) is 20.1. The molecule has 2 fully saturated rings. The number of hydrogen-bond donors (Lipinski definition) is 8. The Morgan fingerprint density at radius 3 is 2.03 bits per heavy atom. The van der Waals surface area contributed by atoms with Crippen molar-refractivity contribution in [3.8, 4) is 0 Å². The van der Waals surface area contributed by atoms with Gasteiger partial charge in [-0.2, -0.15) is 0 Å². The van der Waals surface area contributed by atoms with Crippen LogP contribution >= 0.6 is 0 Å². The third-order valence-corrected chi connectivity index (χ3v) is 9.60. The molecule has 9 N–H and O–H groups in total. The van der Waals surface area contributed by atoms with E-state index in [9.17, 15) is 39.6 Å². The molecule has 0 bridgehead atoms. The van der Waals surface area contributed by atoms with Crippen LogP contribution in [0.25, 0.3) is 0 Å². The van der Waals surface area contributed by atoms with Crippen molar-refractivity contribution < 1.29 is 72.8 Å². The highest BCUT2D eigenvalue weighted by Crippen LogP contribution is 2.35. The van der Waals surface area contributed by atoms with E-state index in [1.54, 1.807) is 62.3 Å². The maximum atomic E-state index is 13.9. The van der Waals surface area contributed by atoms with Gasteiger partial charge >= 0.3 is 18.3 Å². The second-order valence-corrected chi connectivity index (χ2v) is 18.3. The molecule has 9 atom stereocenters. The number of rotatable bonds is 15. The molecule has 3 rings (SSSR count). The minimum atomic E-state index is -1.96. The normalized spacial score (nSPS) is 28.9. The molecule has 0 spiro atoms. The summed E-state index contributed by atoms with van der Waals surface area (Å²) >= 11 is 0. The molecule has 20 heteroatoms. The maximum absolute atomic E-state index is 13.9. The number of amides is 4. The summed E-state index contributed by atoms with van der Waals surface area (Å²) in [5.74, 6) is -0.418. The predicted molar refractivity (Wildman–Crippen MR) is 210 cm³/mol. The Labute approximate surface area is 346 Å². The van der Waals surface area contributed by atoms with E-state index >= 15 is 0 Å². The molecule has 1 heterocycles. The molecule has 4 amide bonds. The summed E-state index contributed by atoms with van der Waals surface area (Å²) in [4.78, 5) is 53.6. The number of nitrogens with two attached hydrogens (primary N) is 1. The fraction of sp³-hybridized carbons (Fsp3) is 0.846. The highest BCUT2D eigenvalue weighted by molar-refractivity contribution is 5.87.